The van der Waals surface area contributed by atoms with E-state index in [2.05, 4.69) is 0 Å². The third-order valence-corrected chi connectivity index (χ3v) is 1.28. The Kier molecular flexibility index (Phi) is 5.00. The zero-order valence-electron chi connectivity index (χ0n) is 7.41. The van der Waals surface area contributed by atoms with E-state index in [0.717, 1.165) is 5.56 Å². The van der Waals surface area contributed by atoms with Crippen LogP contribution in [-0.4, -0.2) is 5.11 Å². The quantitative estimate of drug-likeness (QED) is 0.496. The second-order valence-corrected chi connectivity index (χ2v) is 2.09. The van der Waals surface area contributed by atoms with Gasteiger partial charge in [-0.3, -0.25) is 0 Å². The van der Waals surface area contributed by atoms with Crippen LogP contribution in [0.3, 0.4) is 0 Å². The number of aliphatic hydroxyl groups is 1. The summed E-state index contributed by atoms with van der Waals surface area (Å²) in [7, 11) is 0. The number of hydrogen-bond donors (Lipinski definition) is 1. The predicted molar refractivity (Wildman–Crippen MR) is 38.2 cm³/mol. The van der Waals surface area contributed by atoms with Crippen molar-refractivity contribution >= 4 is 0 Å². The van der Waals surface area contributed by atoms with Crippen LogP contribution in [-0.2, 0) is 0 Å². The molecular weight excluding hydrogens is 135 g/mol. The molecule has 1 nitrogen and oxygen atoms in total. The number of benzene rings is 1. The zero-order valence-corrected chi connectivity index (χ0v) is 8.41. The summed E-state index contributed by atoms with van der Waals surface area (Å²) >= 11 is 0. The number of rotatable bonds is 1. The van der Waals surface area contributed by atoms with Crippen LogP contribution >= 0.6 is 0 Å². The van der Waals surface area contributed by atoms with Crippen LogP contribution in [0.4, 0.5) is 0 Å². The minimum absolute atomic E-state index is 0. The first kappa shape index (κ1) is 10.2. The van der Waals surface area contributed by atoms with Crippen LogP contribution in [0.15, 0.2) is 30.3 Å². The van der Waals surface area contributed by atoms with Gasteiger partial charge in [-0.05, 0) is 12.5 Å². The van der Waals surface area contributed by atoms with Gasteiger partial charge in [0, 0.05) is 0 Å². The molecule has 1 rings (SSSR count). The molecule has 0 aromatic heterocycles. The first-order valence-electron chi connectivity index (χ1n) is 3.03. The smallest absolute Gasteiger partial charge is 1.00 e. The molecule has 2 heteroatoms. The van der Waals surface area contributed by atoms with Gasteiger partial charge in [0.1, 0.15) is 0 Å². The van der Waals surface area contributed by atoms with Gasteiger partial charge in [-0.2, -0.15) is 0 Å². The predicted octanol–water partition coefficient (Wildman–Crippen LogP) is -1.14. The van der Waals surface area contributed by atoms with Crippen molar-refractivity contribution in [3.8, 4) is 0 Å². The van der Waals surface area contributed by atoms with Crippen LogP contribution in [0.2, 0.25) is 0 Å². The van der Waals surface area contributed by atoms with Crippen LogP contribution < -0.4 is 29.6 Å². The van der Waals surface area contributed by atoms with E-state index in [4.69, 9.17) is 5.11 Å². The van der Waals surface area contributed by atoms with Crippen molar-refractivity contribution < 1.29 is 36.1 Å². The maximum absolute atomic E-state index is 9.02. The maximum Gasteiger partial charge on any atom is 1.00 e. The zero-order chi connectivity index (χ0) is 6.69. The molecule has 10 heavy (non-hydrogen) atoms. The molecule has 0 spiro atoms. The van der Waals surface area contributed by atoms with Gasteiger partial charge in [0.05, 0.1) is 6.10 Å². The van der Waals surface area contributed by atoms with Crippen molar-refractivity contribution in [1.82, 2.24) is 0 Å². The Morgan fingerprint density at radius 3 is 2.10 bits per heavy atom. The summed E-state index contributed by atoms with van der Waals surface area (Å²) in [6.45, 7) is 1.76. The molecule has 0 aliphatic rings. The molecule has 1 aromatic rings. The molecule has 0 bridgehead atoms. The summed E-state index contributed by atoms with van der Waals surface area (Å²) in [5.74, 6) is 0. The molecule has 0 amide bonds. The summed E-state index contributed by atoms with van der Waals surface area (Å²) in [6.07, 6.45) is -0.341. The van der Waals surface area contributed by atoms with Crippen molar-refractivity contribution in [1.29, 1.82) is 0 Å². The summed E-state index contributed by atoms with van der Waals surface area (Å²) in [5.41, 5.74) is 0.970. The average molecular weight is 146 g/mol. The number of hydrogen-bond acceptors (Lipinski definition) is 1. The molecule has 0 saturated carbocycles. The Bertz CT molecular complexity index is 177. The molecule has 50 valence electrons. The molecule has 1 N–H and O–H groups in total. The molecule has 0 saturated heterocycles. The number of aliphatic hydroxyl groups excluding tert-OH is 1. The van der Waals surface area contributed by atoms with Gasteiger partial charge < -0.3 is 6.53 Å². The van der Waals surface area contributed by atoms with Crippen molar-refractivity contribution in [3.63, 3.8) is 0 Å². The normalized spacial score (nSPS) is 11.8. The first-order chi connectivity index (χ1) is 4.30. The second-order valence-electron chi connectivity index (χ2n) is 2.09. The summed E-state index contributed by atoms with van der Waals surface area (Å²) in [6, 6.07) is 9.59. The average Bonchev–Trinajstić information content (AvgIpc) is 1.90. The van der Waals surface area contributed by atoms with Crippen molar-refractivity contribution in [2.24, 2.45) is 0 Å². The van der Waals surface area contributed by atoms with Crippen molar-refractivity contribution in [3.05, 3.63) is 35.9 Å². The second kappa shape index (κ2) is 4.91. The van der Waals surface area contributed by atoms with E-state index < -0.39 is 0 Å². The van der Waals surface area contributed by atoms with Gasteiger partial charge in [0.15, 0.2) is 0 Å². The molecule has 0 fully saturated rings. The van der Waals surface area contributed by atoms with Gasteiger partial charge in [-0.1, -0.05) is 30.3 Å². The molecule has 1 aromatic carbocycles. The third kappa shape index (κ3) is 2.84. The van der Waals surface area contributed by atoms with E-state index >= 15 is 0 Å². The summed E-state index contributed by atoms with van der Waals surface area (Å²) in [4.78, 5) is 0. The fourth-order valence-electron chi connectivity index (χ4n) is 0.732. The first-order valence-corrected chi connectivity index (χ1v) is 3.03. The van der Waals surface area contributed by atoms with Gasteiger partial charge in [-0.15, -0.1) is 0 Å². The van der Waals surface area contributed by atoms with Crippen molar-refractivity contribution in [2.75, 3.05) is 0 Å². The minimum Gasteiger partial charge on any atom is -1.00 e. The SMILES string of the molecule is CC(O)c1ccccc1.[H-].[Na+]. The fourth-order valence-corrected chi connectivity index (χ4v) is 0.732. The molecule has 0 aliphatic carbocycles. The minimum atomic E-state index is -0.341. The van der Waals surface area contributed by atoms with E-state index in [1.165, 1.54) is 0 Å². The molecular formula is C8H11NaO. The van der Waals surface area contributed by atoms with Crippen LogP contribution in [0, 0.1) is 0 Å². The topological polar surface area (TPSA) is 20.2 Å². The van der Waals surface area contributed by atoms with E-state index in [0.29, 0.717) is 0 Å². The molecule has 0 aliphatic heterocycles. The van der Waals surface area contributed by atoms with E-state index in [1.54, 1.807) is 6.92 Å². The van der Waals surface area contributed by atoms with Gasteiger partial charge in [-0.25, -0.2) is 0 Å². The Morgan fingerprint density at radius 2 is 1.80 bits per heavy atom. The van der Waals surface area contributed by atoms with Gasteiger partial charge >= 0.3 is 29.6 Å². The standard InChI is InChI=1S/C8H10O.Na.H/c1-7(9)8-5-3-2-4-6-8;;/h2-7,9H,1H3;;/q;+1;-1. The van der Waals surface area contributed by atoms with Crippen LogP contribution in [0.5, 0.6) is 0 Å². The molecule has 0 heterocycles. The Labute approximate surface area is 84.9 Å². The molecule has 1 atom stereocenters. The van der Waals surface area contributed by atoms with Gasteiger partial charge in [0.2, 0.25) is 0 Å². The third-order valence-electron chi connectivity index (χ3n) is 1.28. The maximum atomic E-state index is 9.02. The van der Waals surface area contributed by atoms with E-state index in [9.17, 15) is 0 Å². The Balaban J connectivity index is 0. The Hall–Kier alpha value is 0.180. The summed E-state index contributed by atoms with van der Waals surface area (Å²) in [5, 5.41) is 9.02. The fraction of sp³-hybridized carbons (Fsp3) is 0.250. The van der Waals surface area contributed by atoms with Crippen LogP contribution in [0.25, 0.3) is 0 Å². The van der Waals surface area contributed by atoms with E-state index in [1.807, 2.05) is 30.3 Å². The summed E-state index contributed by atoms with van der Waals surface area (Å²) < 4.78 is 0. The molecule has 1 unspecified atom stereocenters. The Morgan fingerprint density at radius 1 is 1.30 bits per heavy atom. The van der Waals surface area contributed by atoms with Gasteiger partial charge in [0.25, 0.3) is 0 Å². The molecule has 0 radical (unpaired) electrons. The van der Waals surface area contributed by atoms with E-state index in [-0.39, 0.29) is 37.1 Å². The monoisotopic (exact) mass is 146 g/mol. The largest absolute Gasteiger partial charge is 1.00 e. The van der Waals surface area contributed by atoms with Crippen LogP contribution in [0.1, 0.15) is 20.0 Å². The van der Waals surface area contributed by atoms with Crippen molar-refractivity contribution in [2.45, 2.75) is 13.0 Å².